The highest BCUT2D eigenvalue weighted by Gasteiger charge is 2.05. The normalized spacial score (nSPS) is 10.2. The third-order valence-electron chi connectivity index (χ3n) is 3.02. The monoisotopic (exact) mass is 286 g/mol. The largest absolute Gasteiger partial charge is 0.497 e. The van der Waals surface area contributed by atoms with E-state index in [1.165, 1.54) is 0 Å². The summed E-state index contributed by atoms with van der Waals surface area (Å²) in [5.41, 5.74) is 2.13. The molecular weight excluding hydrogens is 268 g/mol. The molecule has 0 spiro atoms. The van der Waals surface area contributed by atoms with Crippen LogP contribution in [0.15, 0.2) is 48.5 Å². The molecule has 0 fully saturated rings. The van der Waals surface area contributed by atoms with Gasteiger partial charge in [-0.25, -0.2) is 0 Å². The molecule has 0 heterocycles. The predicted octanol–water partition coefficient (Wildman–Crippen LogP) is 3.30. The Balaban J connectivity index is 2.02. The molecule has 0 saturated heterocycles. The number of carbonyl (C=O) groups excluding carboxylic acids is 1. The molecule has 4 heteroatoms. The van der Waals surface area contributed by atoms with Crippen molar-refractivity contribution in [1.29, 1.82) is 0 Å². The van der Waals surface area contributed by atoms with Crippen LogP contribution in [0.1, 0.15) is 6.42 Å². The van der Waals surface area contributed by atoms with Gasteiger partial charge in [-0.05, 0) is 35.4 Å². The van der Waals surface area contributed by atoms with E-state index in [0.29, 0.717) is 12.4 Å². The lowest BCUT2D eigenvalue weighted by molar-refractivity contribution is -0.135. The Labute approximate surface area is 124 Å². The molecule has 2 aromatic rings. The minimum atomic E-state index is -0.297. The molecule has 0 aliphatic carbocycles. The van der Waals surface area contributed by atoms with Crippen molar-refractivity contribution in [3.63, 3.8) is 0 Å². The van der Waals surface area contributed by atoms with Crippen LogP contribution in [0.5, 0.6) is 11.5 Å². The lowest BCUT2D eigenvalue weighted by Crippen LogP contribution is -2.10. The second-order valence-corrected chi connectivity index (χ2v) is 4.47. The van der Waals surface area contributed by atoms with Crippen LogP contribution in [0.3, 0.4) is 0 Å². The number of hydrogen-bond acceptors (Lipinski definition) is 4. The van der Waals surface area contributed by atoms with Gasteiger partial charge in [0.25, 0.3) is 0 Å². The van der Waals surface area contributed by atoms with Gasteiger partial charge >= 0.3 is 5.97 Å². The fraction of sp³-hybridized carbons (Fsp3) is 0.235. The maximum Gasteiger partial charge on any atom is 0.313 e. The van der Waals surface area contributed by atoms with Crippen molar-refractivity contribution in [1.82, 2.24) is 0 Å². The van der Waals surface area contributed by atoms with Gasteiger partial charge in [0, 0.05) is 7.11 Å². The van der Waals surface area contributed by atoms with Crippen molar-refractivity contribution in [2.24, 2.45) is 0 Å². The highest BCUT2D eigenvalue weighted by Crippen LogP contribution is 2.24. The topological polar surface area (TPSA) is 44.8 Å². The molecule has 21 heavy (non-hydrogen) atoms. The Bertz CT molecular complexity index is 573. The van der Waals surface area contributed by atoms with E-state index in [1.807, 2.05) is 36.4 Å². The first kappa shape index (κ1) is 15.1. The average molecular weight is 286 g/mol. The molecule has 0 N–H and O–H groups in total. The Kier molecular flexibility index (Phi) is 5.35. The molecule has 0 bridgehead atoms. The maximum absolute atomic E-state index is 11.5. The molecule has 0 aliphatic heterocycles. The maximum atomic E-state index is 11.5. The number of methoxy groups -OCH3 is 2. The zero-order valence-electron chi connectivity index (χ0n) is 12.2. The smallest absolute Gasteiger partial charge is 0.313 e. The number of carbonyl (C=O) groups is 1. The van der Waals surface area contributed by atoms with E-state index in [2.05, 4.69) is 0 Å². The molecular formula is C17H18O4. The molecule has 0 unspecified atom stereocenters. The van der Waals surface area contributed by atoms with E-state index in [9.17, 15) is 4.79 Å². The van der Waals surface area contributed by atoms with Gasteiger partial charge < -0.3 is 14.2 Å². The molecule has 0 aliphatic rings. The molecule has 0 radical (unpaired) electrons. The van der Waals surface area contributed by atoms with Crippen LogP contribution in [0.25, 0.3) is 11.1 Å². The van der Waals surface area contributed by atoms with E-state index >= 15 is 0 Å². The summed E-state index contributed by atoms with van der Waals surface area (Å²) < 4.78 is 15.2. The van der Waals surface area contributed by atoms with E-state index in [0.717, 1.165) is 16.9 Å². The highest BCUT2D eigenvalue weighted by molar-refractivity contribution is 5.73. The van der Waals surface area contributed by atoms with Gasteiger partial charge in [0.1, 0.15) is 11.5 Å². The lowest BCUT2D eigenvalue weighted by atomic mass is 10.1. The number of esters is 1. The molecule has 0 atom stereocenters. The van der Waals surface area contributed by atoms with Gasteiger partial charge in [0.2, 0.25) is 0 Å². The van der Waals surface area contributed by atoms with Gasteiger partial charge in [0.15, 0.2) is 0 Å². The Morgan fingerprint density at radius 1 is 0.857 bits per heavy atom. The van der Waals surface area contributed by atoms with Crippen LogP contribution in [-0.4, -0.2) is 26.8 Å². The fourth-order valence-corrected chi connectivity index (χ4v) is 1.87. The molecule has 0 aromatic heterocycles. The lowest BCUT2D eigenvalue weighted by Gasteiger charge is -2.06. The van der Waals surface area contributed by atoms with Crippen LogP contribution in [0.4, 0.5) is 0 Å². The van der Waals surface area contributed by atoms with Crippen LogP contribution >= 0.6 is 0 Å². The van der Waals surface area contributed by atoms with Gasteiger partial charge in [-0.1, -0.05) is 24.3 Å². The van der Waals surface area contributed by atoms with Crippen molar-refractivity contribution in [3.05, 3.63) is 48.5 Å². The van der Waals surface area contributed by atoms with Crippen molar-refractivity contribution in [2.45, 2.75) is 6.42 Å². The Hall–Kier alpha value is -2.33. The summed E-state index contributed by atoms with van der Waals surface area (Å²) in [5, 5.41) is 0. The summed E-state index contributed by atoms with van der Waals surface area (Å²) in [7, 11) is 3.19. The van der Waals surface area contributed by atoms with Crippen molar-refractivity contribution in [2.75, 3.05) is 20.8 Å². The second kappa shape index (κ2) is 7.45. The Morgan fingerprint density at radius 2 is 1.38 bits per heavy atom. The fourth-order valence-electron chi connectivity index (χ4n) is 1.87. The molecule has 2 aromatic carbocycles. The van der Waals surface area contributed by atoms with Crippen LogP contribution in [0, 0.1) is 0 Å². The first-order valence-corrected chi connectivity index (χ1v) is 6.67. The van der Waals surface area contributed by atoms with Crippen LogP contribution in [-0.2, 0) is 9.53 Å². The van der Waals surface area contributed by atoms with Crippen molar-refractivity contribution in [3.8, 4) is 22.6 Å². The summed E-state index contributed by atoms with van der Waals surface area (Å²) >= 11 is 0. The van der Waals surface area contributed by atoms with E-state index in [-0.39, 0.29) is 12.4 Å². The second-order valence-electron chi connectivity index (χ2n) is 4.47. The minimum absolute atomic E-state index is 0.247. The molecule has 0 saturated carbocycles. The standard InChI is InChI=1S/C17H18O4/c1-19-12-11-17(18)21-16-9-5-14(6-10-16)13-3-7-15(20-2)8-4-13/h3-10H,11-12H2,1-2H3. The third kappa shape index (κ3) is 4.33. The van der Waals surface area contributed by atoms with Gasteiger partial charge in [-0.15, -0.1) is 0 Å². The first-order valence-electron chi connectivity index (χ1n) is 6.67. The summed E-state index contributed by atoms with van der Waals surface area (Å²) in [6.45, 7) is 0.364. The Morgan fingerprint density at radius 3 is 1.86 bits per heavy atom. The van der Waals surface area contributed by atoms with Crippen molar-refractivity contribution < 1.29 is 19.0 Å². The molecule has 110 valence electrons. The van der Waals surface area contributed by atoms with Crippen LogP contribution in [0.2, 0.25) is 0 Å². The highest BCUT2D eigenvalue weighted by atomic mass is 16.5. The van der Waals surface area contributed by atoms with Crippen LogP contribution < -0.4 is 9.47 Å². The number of hydrogen-bond donors (Lipinski definition) is 0. The van der Waals surface area contributed by atoms with Gasteiger partial charge in [0.05, 0.1) is 20.1 Å². The number of benzene rings is 2. The van der Waals surface area contributed by atoms with E-state index < -0.39 is 0 Å². The van der Waals surface area contributed by atoms with E-state index in [1.54, 1.807) is 26.4 Å². The quantitative estimate of drug-likeness (QED) is 0.603. The first-order chi connectivity index (χ1) is 10.2. The summed E-state index contributed by atoms with van der Waals surface area (Å²) in [4.78, 5) is 11.5. The summed E-state index contributed by atoms with van der Waals surface area (Å²) in [5.74, 6) is 1.06. The predicted molar refractivity (Wildman–Crippen MR) is 80.6 cm³/mol. The van der Waals surface area contributed by atoms with E-state index in [4.69, 9.17) is 14.2 Å². The molecule has 2 rings (SSSR count). The SMILES string of the molecule is COCCC(=O)Oc1ccc(-c2ccc(OC)cc2)cc1. The summed E-state index contributed by atoms with van der Waals surface area (Å²) in [6.07, 6.45) is 0.247. The number of rotatable bonds is 6. The summed E-state index contributed by atoms with van der Waals surface area (Å²) in [6, 6.07) is 15.2. The zero-order chi connectivity index (χ0) is 15.1. The third-order valence-corrected chi connectivity index (χ3v) is 3.02. The van der Waals surface area contributed by atoms with Gasteiger partial charge in [-0.3, -0.25) is 4.79 Å². The average Bonchev–Trinajstić information content (AvgIpc) is 2.54. The molecule has 4 nitrogen and oxygen atoms in total. The molecule has 0 amide bonds. The number of ether oxygens (including phenoxy) is 3. The van der Waals surface area contributed by atoms with Gasteiger partial charge in [-0.2, -0.15) is 0 Å². The minimum Gasteiger partial charge on any atom is -0.497 e. The van der Waals surface area contributed by atoms with Crippen molar-refractivity contribution >= 4 is 5.97 Å². The zero-order valence-corrected chi connectivity index (χ0v) is 12.2.